The van der Waals surface area contributed by atoms with Crippen LogP contribution in [0.25, 0.3) is 10.3 Å². The van der Waals surface area contributed by atoms with Crippen LogP contribution in [0.5, 0.6) is 0 Å². The van der Waals surface area contributed by atoms with Crippen LogP contribution in [0.15, 0.2) is 12.4 Å². The first-order chi connectivity index (χ1) is 13.8. The molecule has 3 N–H and O–H groups in total. The molecule has 10 nitrogen and oxygen atoms in total. The fourth-order valence-electron chi connectivity index (χ4n) is 2.90. The van der Waals surface area contributed by atoms with Crippen molar-refractivity contribution in [3.8, 4) is 0 Å². The van der Waals surface area contributed by atoms with Crippen molar-refractivity contribution >= 4 is 57.6 Å². The summed E-state index contributed by atoms with van der Waals surface area (Å²) in [6, 6.07) is 0. The lowest BCUT2D eigenvalue weighted by Gasteiger charge is -2.28. The Morgan fingerprint density at radius 3 is 2.62 bits per heavy atom. The van der Waals surface area contributed by atoms with Crippen LogP contribution in [-0.4, -0.2) is 63.4 Å². The van der Waals surface area contributed by atoms with Gasteiger partial charge in [-0.25, -0.2) is 15.0 Å². The van der Waals surface area contributed by atoms with Gasteiger partial charge in [-0.1, -0.05) is 0 Å². The van der Waals surface area contributed by atoms with Crippen molar-refractivity contribution in [3.63, 3.8) is 0 Å². The zero-order valence-electron chi connectivity index (χ0n) is 15.9. The number of anilines is 2. The molecule has 29 heavy (non-hydrogen) atoms. The molecule has 1 fully saturated rings. The highest BCUT2D eigenvalue weighted by Gasteiger charge is 2.33. The molecule has 4 rings (SSSR count). The monoisotopic (exact) mass is 435 g/mol. The molecule has 0 amide bonds. The molecule has 152 valence electrons. The summed E-state index contributed by atoms with van der Waals surface area (Å²) < 4.78 is 12.1. The molecular formula is C16H19BClN7O3S. The minimum absolute atomic E-state index is 0.123. The van der Waals surface area contributed by atoms with E-state index in [1.165, 1.54) is 23.7 Å². The number of nitrogens with zero attached hydrogens (tertiary/aromatic N) is 6. The second-order valence-electron chi connectivity index (χ2n) is 6.94. The van der Waals surface area contributed by atoms with Crippen LogP contribution in [0.1, 0.15) is 18.9 Å². The number of hydrogen-bond donors (Lipinski definition) is 2. The van der Waals surface area contributed by atoms with Crippen LogP contribution < -0.4 is 16.1 Å². The molecule has 3 aromatic rings. The standard InChI is InChI=1S/C16H19BClN7O3S/c1-16(2,28-17(26)9-7-20-15(19)21-8-9)13-22-11-10(29-13)12(24-14(18)23-11)25-3-5-27-6-4-25/h7-8,26H,3-6H2,1-2H3,(H2,19,20,21). The number of thiazole rings is 1. The van der Waals surface area contributed by atoms with Gasteiger partial charge in [0.05, 0.1) is 13.2 Å². The molecule has 0 saturated carbocycles. The van der Waals surface area contributed by atoms with Crippen LogP contribution in [-0.2, 0) is 15.0 Å². The van der Waals surface area contributed by atoms with Gasteiger partial charge in [-0.2, -0.15) is 9.97 Å². The number of rotatable bonds is 5. The highest BCUT2D eigenvalue weighted by molar-refractivity contribution is 7.19. The normalized spacial score (nSPS) is 15.1. The predicted molar refractivity (Wildman–Crippen MR) is 111 cm³/mol. The summed E-state index contributed by atoms with van der Waals surface area (Å²) in [4.78, 5) is 23.1. The Balaban J connectivity index is 1.64. The molecule has 0 radical (unpaired) electrons. The fraction of sp³-hybridized carbons (Fsp3) is 0.438. The van der Waals surface area contributed by atoms with Gasteiger partial charge < -0.3 is 25.0 Å². The smallest absolute Gasteiger partial charge is 0.423 e. The number of morpholine rings is 1. The summed E-state index contributed by atoms with van der Waals surface area (Å²) in [5.74, 6) is 0.854. The molecule has 0 unspecified atom stereocenters. The summed E-state index contributed by atoms with van der Waals surface area (Å²) >= 11 is 7.54. The summed E-state index contributed by atoms with van der Waals surface area (Å²) in [6.07, 6.45) is 2.84. The minimum Gasteiger partial charge on any atom is -0.423 e. The van der Waals surface area contributed by atoms with Crippen molar-refractivity contribution in [2.45, 2.75) is 19.4 Å². The second-order valence-corrected chi connectivity index (χ2v) is 8.28. The predicted octanol–water partition coefficient (Wildman–Crippen LogP) is 0.588. The summed E-state index contributed by atoms with van der Waals surface area (Å²) in [6.45, 7) is 6.31. The lowest BCUT2D eigenvalue weighted by atomic mass is 9.80. The number of hydrogen-bond acceptors (Lipinski definition) is 11. The van der Waals surface area contributed by atoms with Gasteiger partial charge in [-0.15, -0.1) is 11.3 Å². The molecule has 1 aliphatic heterocycles. The average Bonchev–Trinajstić information content (AvgIpc) is 3.13. The van der Waals surface area contributed by atoms with E-state index in [2.05, 4.69) is 29.8 Å². The molecule has 1 aliphatic rings. The highest BCUT2D eigenvalue weighted by Crippen LogP contribution is 2.36. The van der Waals surface area contributed by atoms with E-state index < -0.39 is 12.7 Å². The van der Waals surface area contributed by atoms with E-state index >= 15 is 0 Å². The molecule has 0 aliphatic carbocycles. The van der Waals surface area contributed by atoms with E-state index in [0.717, 1.165) is 10.5 Å². The van der Waals surface area contributed by atoms with Gasteiger partial charge in [0.1, 0.15) is 15.3 Å². The Labute approximate surface area is 176 Å². The van der Waals surface area contributed by atoms with Gasteiger partial charge in [0.2, 0.25) is 11.2 Å². The van der Waals surface area contributed by atoms with Crippen molar-refractivity contribution < 1.29 is 14.4 Å². The summed E-state index contributed by atoms with van der Waals surface area (Å²) in [7, 11) is -1.24. The maximum absolute atomic E-state index is 10.4. The molecule has 0 bridgehead atoms. The van der Waals surface area contributed by atoms with Crippen LogP contribution in [0.2, 0.25) is 5.28 Å². The Morgan fingerprint density at radius 2 is 1.93 bits per heavy atom. The van der Waals surface area contributed by atoms with Gasteiger partial charge in [0, 0.05) is 30.9 Å². The molecule has 1 saturated heterocycles. The third-order valence-electron chi connectivity index (χ3n) is 4.42. The molecular weight excluding hydrogens is 417 g/mol. The zero-order chi connectivity index (χ0) is 20.6. The largest absolute Gasteiger partial charge is 0.495 e. The van der Waals surface area contributed by atoms with Gasteiger partial charge in [0.25, 0.3) is 0 Å². The van der Waals surface area contributed by atoms with E-state index in [4.69, 9.17) is 26.7 Å². The summed E-state index contributed by atoms with van der Waals surface area (Å²) in [5.41, 5.74) is 5.46. The van der Waals surface area contributed by atoms with E-state index in [1.54, 1.807) is 0 Å². The molecule has 4 heterocycles. The summed E-state index contributed by atoms with van der Waals surface area (Å²) in [5, 5.41) is 11.2. The zero-order valence-corrected chi connectivity index (χ0v) is 17.4. The highest BCUT2D eigenvalue weighted by atomic mass is 35.5. The van der Waals surface area contributed by atoms with Crippen molar-refractivity contribution in [1.29, 1.82) is 0 Å². The Morgan fingerprint density at radius 1 is 1.24 bits per heavy atom. The van der Waals surface area contributed by atoms with Crippen molar-refractivity contribution in [2.75, 3.05) is 36.9 Å². The fourth-order valence-corrected chi connectivity index (χ4v) is 4.13. The molecule has 0 aromatic carbocycles. The second kappa shape index (κ2) is 7.96. The number of halogens is 1. The van der Waals surface area contributed by atoms with Crippen LogP contribution in [0, 0.1) is 0 Å². The number of aromatic nitrogens is 5. The Hall–Kier alpha value is -2.12. The molecule has 3 aromatic heterocycles. The van der Waals surface area contributed by atoms with Crippen molar-refractivity contribution in [2.24, 2.45) is 0 Å². The number of ether oxygens (including phenoxy) is 1. The van der Waals surface area contributed by atoms with Gasteiger partial charge in [-0.3, -0.25) is 0 Å². The Bertz CT molecular complexity index is 1010. The van der Waals surface area contributed by atoms with Crippen LogP contribution >= 0.6 is 22.9 Å². The lowest BCUT2D eigenvalue weighted by molar-refractivity contribution is 0.0859. The van der Waals surface area contributed by atoms with E-state index in [0.29, 0.717) is 42.4 Å². The van der Waals surface area contributed by atoms with E-state index in [-0.39, 0.29) is 11.2 Å². The van der Waals surface area contributed by atoms with Crippen molar-refractivity contribution in [3.05, 3.63) is 22.7 Å². The minimum atomic E-state index is -1.24. The maximum Gasteiger partial charge on any atom is 0.495 e. The topological polar surface area (TPSA) is 132 Å². The van der Waals surface area contributed by atoms with Gasteiger partial charge in [0.15, 0.2) is 11.5 Å². The SMILES string of the molecule is CC(C)(OB(O)c1cnc(N)nc1)c1nc2nc(Cl)nc(N3CCOCC3)c2s1. The average molecular weight is 436 g/mol. The first kappa shape index (κ1) is 20.2. The third-order valence-corrected chi connectivity index (χ3v) is 5.93. The lowest BCUT2D eigenvalue weighted by Crippen LogP contribution is -2.41. The van der Waals surface area contributed by atoms with Gasteiger partial charge in [-0.05, 0) is 25.4 Å². The number of nitrogens with two attached hydrogens (primary N) is 1. The van der Waals surface area contributed by atoms with Gasteiger partial charge >= 0.3 is 7.12 Å². The molecule has 13 heteroatoms. The van der Waals surface area contributed by atoms with Crippen LogP contribution in [0.4, 0.5) is 11.8 Å². The third kappa shape index (κ3) is 4.26. The van der Waals surface area contributed by atoms with Crippen LogP contribution in [0.3, 0.4) is 0 Å². The van der Waals surface area contributed by atoms with Crippen molar-refractivity contribution in [1.82, 2.24) is 24.9 Å². The van der Waals surface area contributed by atoms with E-state index in [1.807, 2.05) is 13.8 Å². The Kier molecular flexibility index (Phi) is 5.53. The molecule has 0 spiro atoms. The molecule has 0 atom stereocenters. The first-order valence-corrected chi connectivity index (χ1v) is 10.1. The first-order valence-electron chi connectivity index (χ1n) is 8.94. The number of fused-ring (bicyclic) bond motifs is 1. The quantitative estimate of drug-likeness (QED) is 0.433. The maximum atomic E-state index is 10.4. The van der Waals surface area contributed by atoms with E-state index in [9.17, 15) is 5.02 Å². The number of nitrogen functional groups attached to an aromatic ring is 1.